The molecule has 0 N–H and O–H groups in total. The molecule has 0 amide bonds. The number of aryl methyl sites for hydroxylation is 3. The van der Waals surface area contributed by atoms with Crippen LogP contribution in [0.3, 0.4) is 0 Å². The molecule has 0 aliphatic rings. The molecule has 0 saturated heterocycles. The van der Waals surface area contributed by atoms with E-state index in [9.17, 15) is 4.79 Å². The van der Waals surface area contributed by atoms with Crippen LogP contribution >= 0.6 is 0 Å². The van der Waals surface area contributed by atoms with Gasteiger partial charge in [0.05, 0.1) is 0 Å². The molecule has 88 valence electrons. The van der Waals surface area contributed by atoms with Crippen LogP contribution in [0.15, 0.2) is 24.5 Å². The summed E-state index contributed by atoms with van der Waals surface area (Å²) in [5, 5.41) is 4.06. The average molecular weight is 230 g/mol. The van der Waals surface area contributed by atoms with E-state index in [1.54, 1.807) is 30.1 Å². The Hall–Kier alpha value is -2.04. The summed E-state index contributed by atoms with van der Waals surface area (Å²) in [6, 6.07) is 3.57. The summed E-state index contributed by atoms with van der Waals surface area (Å²) < 4.78 is 1.78. The first-order chi connectivity index (χ1) is 8.16. The van der Waals surface area contributed by atoms with E-state index in [0.717, 1.165) is 5.69 Å². The number of nitrogens with zero attached hydrogens (tertiary/aromatic N) is 4. The summed E-state index contributed by atoms with van der Waals surface area (Å²) in [7, 11) is 1.87. The SMILES string of the molecule is Cc1nccc(C(=O)CCc2ccnn2C)n1. The molecule has 0 aromatic carbocycles. The smallest absolute Gasteiger partial charge is 0.181 e. The highest BCUT2D eigenvalue weighted by atomic mass is 16.1. The summed E-state index contributed by atoms with van der Waals surface area (Å²) in [6.45, 7) is 1.78. The number of carbonyl (C=O) groups excluding carboxylic acids is 1. The van der Waals surface area contributed by atoms with Gasteiger partial charge in [0.15, 0.2) is 5.78 Å². The minimum Gasteiger partial charge on any atom is -0.292 e. The fourth-order valence-electron chi connectivity index (χ4n) is 1.63. The Morgan fingerprint density at radius 2 is 2.18 bits per heavy atom. The predicted molar refractivity (Wildman–Crippen MR) is 62.6 cm³/mol. The van der Waals surface area contributed by atoms with Gasteiger partial charge in [0.1, 0.15) is 11.5 Å². The third kappa shape index (κ3) is 2.75. The first kappa shape index (κ1) is 11.4. The second-order valence-electron chi connectivity index (χ2n) is 3.86. The average Bonchev–Trinajstić information content (AvgIpc) is 2.72. The first-order valence-corrected chi connectivity index (χ1v) is 5.46. The highest BCUT2D eigenvalue weighted by Crippen LogP contribution is 2.06. The minimum atomic E-state index is 0.0386. The van der Waals surface area contributed by atoms with Gasteiger partial charge >= 0.3 is 0 Å². The van der Waals surface area contributed by atoms with E-state index in [2.05, 4.69) is 15.1 Å². The minimum absolute atomic E-state index is 0.0386. The van der Waals surface area contributed by atoms with Crippen molar-refractivity contribution >= 4 is 5.78 Å². The molecule has 2 rings (SSSR count). The molecule has 0 aliphatic carbocycles. The van der Waals surface area contributed by atoms with Gasteiger partial charge in [0.25, 0.3) is 0 Å². The van der Waals surface area contributed by atoms with Crippen molar-refractivity contribution in [3.05, 3.63) is 41.7 Å². The van der Waals surface area contributed by atoms with Crippen LogP contribution in [0, 0.1) is 6.92 Å². The van der Waals surface area contributed by atoms with Crippen molar-refractivity contribution in [1.82, 2.24) is 19.7 Å². The highest BCUT2D eigenvalue weighted by molar-refractivity contribution is 5.94. The molecular formula is C12H14N4O. The van der Waals surface area contributed by atoms with Crippen molar-refractivity contribution in [1.29, 1.82) is 0 Å². The topological polar surface area (TPSA) is 60.7 Å². The molecule has 0 aliphatic heterocycles. The molecule has 0 saturated carbocycles. The van der Waals surface area contributed by atoms with E-state index in [-0.39, 0.29) is 5.78 Å². The normalized spacial score (nSPS) is 10.5. The Morgan fingerprint density at radius 3 is 2.82 bits per heavy atom. The Morgan fingerprint density at radius 1 is 1.35 bits per heavy atom. The van der Waals surface area contributed by atoms with Gasteiger partial charge in [-0.05, 0) is 25.5 Å². The molecule has 2 heterocycles. The molecule has 0 bridgehead atoms. The van der Waals surface area contributed by atoms with Gasteiger partial charge < -0.3 is 0 Å². The number of ketones is 1. The van der Waals surface area contributed by atoms with Crippen LogP contribution in [0.2, 0.25) is 0 Å². The number of hydrogen-bond donors (Lipinski definition) is 0. The maximum atomic E-state index is 11.9. The fraction of sp³-hybridized carbons (Fsp3) is 0.333. The van der Waals surface area contributed by atoms with Crippen molar-refractivity contribution in [3.63, 3.8) is 0 Å². The Balaban J connectivity index is 2.01. The second-order valence-corrected chi connectivity index (χ2v) is 3.86. The quantitative estimate of drug-likeness (QED) is 0.743. The monoisotopic (exact) mass is 230 g/mol. The first-order valence-electron chi connectivity index (χ1n) is 5.46. The highest BCUT2D eigenvalue weighted by Gasteiger charge is 2.09. The molecule has 0 unspecified atom stereocenters. The molecule has 5 heteroatoms. The molecule has 2 aromatic rings. The lowest BCUT2D eigenvalue weighted by Crippen LogP contribution is -2.07. The zero-order valence-corrected chi connectivity index (χ0v) is 9.92. The summed E-state index contributed by atoms with van der Waals surface area (Å²) >= 11 is 0. The maximum absolute atomic E-state index is 11.9. The molecule has 0 spiro atoms. The predicted octanol–water partition coefficient (Wildman–Crippen LogP) is 1.33. The summed E-state index contributed by atoms with van der Waals surface area (Å²) in [4.78, 5) is 20.0. The van der Waals surface area contributed by atoms with Gasteiger partial charge in [0, 0.05) is 31.6 Å². The molecule has 0 fully saturated rings. The van der Waals surface area contributed by atoms with Crippen molar-refractivity contribution < 1.29 is 4.79 Å². The van der Waals surface area contributed by atoms with E-state index in [1.807, 2.05) is 13.1 Å². The fourth-order valence-corrected chi connectivity index (χ4v) is 1.63. The third-order valence-electron chi connectivity index (χ3n) is 2.59. The maximum Gasteiger partial charge on any atom is 0.181 e. The Kier molecular flexibility index (Phi) is 3.27. The van der Waals surface area contributed by atoms with Crippen molar-refractivity contribution in [2.45, 2.75) is 19.8 Å². The van der Waals surface area contributed by atoms with Crippen LogP contribution in [0.5, 0.6) is 0 Å². The van der Waals surface area contributed by atoms with Crippen molar-refractivity contribution in [3.8, 4) is 0 Å². The number of aromatic nitrogens is 4. The molecule has 0 radical (unpaired) electrons. The van der Waals surface area contributed by atoms with Gasteiger partial charge in [-0.1, -0.05) is 0 Å². The van der Waals surface area contributed by atoms with Gasteiger partial charge in [-0.15, -0.1) is 0 Å². The zero-order valence-electron chi connectivity index (χ0n) is 9.92. The van der Waals surface area contributed by atoms with Crippen LogP contribution < -0.4 is 0 Å². The summed E-state index contributed by atoms with van der Waals surface area (Å²) in [5.74, 6) is 0.660. The lowest BCUT2D eigenvalue weighted by atomic mass is 10.1. The molecule has 17 heavy (non-hydrogen) atoms. The van der Waals surface area contributed by atoms with E-state index in [1.165, 1.54) is 0 Å². The van der Waals surface area contributed by atoms with Crippen LogP contribution in [-0.4, -0.2) is 25.5 Å². The van der Waals surface area contributed by atoms with Crippen LogP contribution in [0.1, 0.15) is 28.4 Å². The van der Waals surface area contributed by atoms with Crippen molar-refractivity contribution in [2.24, 2.45) is 7.05 Å². The van der Waals surface area contributed by atoms with E-state index >= 15 is 0 Å². The largest absolute Gasteiger partial charge is 0.292 e. The number of hydrogen-bond acceptors (Lipinski definition) is 4. The molecule has 2 aromatic heterocycles. The summed E-state index contributed by atoms with van der Waals surface area (Å²) in [5.41, 5.74) is 1.53. The third-order valence-corrected chi connectivity index (χ3v) is 2.59. The van der Waals surface area contributed by atoms with E-state index in [4.69, 9.17) is 0 Å². The standard InChI is InChI=1S/C12H14N4O/c1-9-13-7-6-11(15-9)12(17)4-3-10-5-8-14-16(10)2/h5-8H,3-4H2,1-2H3. The van der Waals surface area contributed by atoms with Gasteiger partial charge in [-0.3, -0.25) is 9.48 Å². The van der Waals surface area contributed by atoms with Gasteiger partial charge in [-0.2, -0.15) is 5.10 Å². The van der Waals surface area contributed by atoms with Gasteiger partial charge in [0.2, 0.25) is 0 Å². The Bertz CT molecular complexity index is 533. The summed E-state index contributed by atoms with van der Waals surface area (Å²) in [6.07, 6.45) is 4.46. The number of carbonyl (C=O) groups is 1. The molecular weight excluding hydrogens is 216 g/mol. The second kappa shape index (κ2) is 4.86. The number of Topliss-reactive ketones (excluding diaryl/α,β-unsaturated/α-hetero) is 1. The van der Waals surface area contributed by atoms with E-state index < -0.39 is 0 Å². The Labute approximate surface area is 99.5 Å². The van der Waals surface area contributed by atoms with Gasteiger partial charge in [-0.25, -0.2) is 9.97 Å². The van der Waals surface area contributed by atoms with Crippen LogP contribution in [0.4, 0.5) is 0 Å². The molecule has 0 atom stereocenters. The van der Waals surface area contributed by atoms with Crippen LogP contribution in [-0.2, 0) is 13.5 Å². The van der Waals surface area contributed by atoms with Crippen LogP contribution in [0.25, 0.3) is 0 Å². The van der Waals surface area contributed by atoms with Crippen molar-refractivity contribution in [2.75, 3.05) is 0 Å². The lowest BCUT2D eigenvalue weighted by Gasteiger charge is -2.02. The molecule has 5 nitrogen and oxygen atoms in total. The zero-order chi connectivity index (χ0) is 12.3. The lowest BCUT2D eigenvalue weighted by molar-refractivity contribution is 0.0977. The van der Waals surface area contributed by atoms with E-state index in [0.29, 0.717) is 24.4 Å². The number of rotatable bonds is 4.